The Hall–Kier alpha value is -5.42. The van der Waals surface area contributed by atoms with Crippen molar-refractivity contribution in [1.82, 2.24) is 19.5 Å². The number of furan rings is 1. The molecule has 54 heavy (non-hydrogen) atoms. The van der Waals surface area contributed by atoms with E-state index in [1.165, 1.54) is 81.6 Å². The number of aromatic nitrogens is 4. The largest absolute Gasteiger partial charge is 0.456 e. The van der Waals surface area contributed by atoms with Gasteiger partial charge in [0, 0.05) is 32.7 Å². The maximum Gasteiger partial charge on any atom is 0.238 e. The van der Waals surface area contributed by atoms with Gasteiger partial charge in [-0.1, -0.05) is 70.4 Å². The van der Waals surface area contributed by atoms with Crippen LogP contribution >= 0.6 is 0 Å². The van der Waals surface area contributed by atoms with Crippen molar-refractivity contribution in [2.45, 2.75) is 0 Å². The van der Waals surface area contributed by atoms with Crippen molar-refractivity contribution in [3.05, 3.63) is 72.8 Å². The highest BCUT2D eigenvalue weighted by molar-refractivity contribution is 6.70. The van der Waals surface area contributed by atoms with Gasteiger partial charge in [0.2, 0.25) is 5.95 Å². The van der Waals surface area contributed by atoms with Crippen LogP contribution in [-0.2, 0) is 0 Å². The van der Waals surface area contributed by atoms with Crippen molar-refractivity contribution in [3.8, 4) is 28.7 Å². The van der Waals surface area contributed by atoms with Gasteiger partial charge in [-0.25, -0.2) is 4.98 Å². The zero-order valence-electron chi connectivity index (χ0n) is 32.6. The molecule has 0 fully saturated rings. The minimum absolute atomic E-state index is 0.608. The summed E-state index contributed by atoms with van der Waals surface area (Å²) >= 11 is 0. The molecule has 0 bridgehead atoms. The highest BCUT2D eigenvalue weighted by atomic mass is 16.3. The van der Waals surface area contributed by atoms with Crippen LogP contribution in [0.15, 0.2) is 77.2 Å². The maximum absolute atomic E-state index is 6.63. The average Bonchev–Trinajstić information content (AvgIpc) is 3.73. The topological polar surface area (TPSA) is 56.7 Å². The van der Waals surface area contributed by atoms with Gasteiger partial charge in [-0.2, -0.15) is 9.97 Å². The summed E-state index contributed by atoms with van der Waals surface area (Å²) < 4.78 is 8.90. The molecule has 0 saturated carbocycles. The normalized spacial score (nSPS) is 12.1. The molecule has 0 aliphatic heterocycles. The smallest absolute Gasteiger partial charge is 0.238 e. The molecular weight excluding hydrogens is 649 g/mol. The van der Waals surface area contributed by atoms with Crippen LogP contribution in [0.1, 0.15) is 0 Å². The van der Waals surface area contributed by atoms with Crippen LogP contribution in [0.3, 0.4) is 0 Å². The Bertz CT molecular complexity index is 3160. The van der Waals surface area contributed by atoms with Crippen LogP contribution in [0, 0.1) is 0 Å². The van der Waals surface area contributed by atoms with Gasteiger partial charge in [0.25, 0.3) is 0 Å². The molecular formula is C39H32B10N4O. The van der Waals surface area contributed by atoms with Crippen molar-refractivity contribution in [1.29, 1.82) is 0 Å². The lowest BCUT2D eigenvalue weighted by Crippen LogP contribution is -2.55. The fourth-order valence-electron chi connectivity index (χ4n) is 9.43. The number of benzene rings is 6. The Morgan fingerprint density at radius 2 is 0.815 bits per heavy atom. The number of hydrogen-bond acceptors (Lipinski definition) is 4. The van der Waals surface area contributed by atoms with Gasteiger partial charge < -0.3 is 4.42 Å². The first-order valence-corrected chi connectivity index (χ1v) is 18.9. The van der Waals surface area contributed by atoms with Gasteiger partial charge >= 0.3 is 0 Å². The molecule has 0 aliphatic carbocycles. The summed E-state index contributed by atoms with van der Waals surface area (Å²) in [5.41, 5.74) is 18.6. The second kappa shape index (κ2) is 11.5. The molecule has 10 rings (SSSR count). The van der Waals surface area contributed by atoms with E-state index in [1.807, 2.05) is 0 Å². The van der Waals surface area contributed by atoms with E-state index in [0.29, 0.717) is 17.6 Å². The molecule has 0 atom stereocenters. The molecule has 15 heteroatoms. The Morgan fingerprint density at radius 3 is 1.37 bits per heavy atom. The van der Waals surface area contributed by atoms with Gasteiger partial charge in [0.05, 0.1) is 11.0 Å². The van der Waals surface area contributed by atoms with Crippen LogP contribution in [-0.4, -0.2) is 98.0 Å². The monoisotopic (exact) mass is 682 g/mol. The number of hydrogen-bond donors (Lipinski definition) is 0. The van der Waals surface area contributed by atoms with E-state index in [-0.39, 0.29) is 0 Å². The molecule has 0 spiro atoms. The molecule has 5 nitrogen and oxygen atoms in total. The third-order valence-corrected chi connectivity index (χ3v) is 13.2. The lowest BCUT2D eigenvalue weighted by atomic mass is 9.60. The van der Waals surface area contributed by atoms with Crippen molar-refractivity contribution < 1.29 is 4.42 Å². The third-order valence-electron chi connectivity index (χ3n) is 13.2. The Balaban J connectivity index is 1.43. The summed E-state index contributed by atoms with van der Waals surface area (Å²) in [6, 6.07) is 26.1. The van der Waals surface area contributed by atoms with E-state index in [2.05, 4.69) is 156 Å². The molecule has 0 aliphatic rings. The Kier molecular flexibility index (Phi) is 7.09. The second-order valence-electron chi connectivity index (χ2n) is 15.5. The van der Waals surface area contributed by atoms with Gasteiger partial charge in [-0.3, -0.25) is 4.57 Å². The highest BCUT2D eigenvalue weighted by Gasteiger charge is 2.26. The molecule has 0 N–H and O–H groups in total. The van der Waals surface area contributed by atoms with E-state index in [9.17, 15) is 0 Å². The third kappa shape index (κ3) is 4.27. The van der Waals surface area contributed by atoms with E-state index in [0.717, 1.165) is 49.5 Å². The first kappa shape index (κ1) is 33.2. The van der Waals surface area contributed by atoms with Crippen molar-refractivity contribution >= 4 is 198 Å². The molecule has 0 radical (unpaired) electrons. The molecule has 244 valence electrons. The number of nitrogens with zero attached hydrogens (tertiary/aromatic N) is 4. The van der Waals surface area contributed by atoms with Crippen LogP contribution in [0.25, 0.3) is 94.0 Å². The fourth-order valence-corrected chi connectivity index (χ4v) is 9.43. The first-order valence-electron chi connectivity index (χ1n) is 18.9. The van der Waals surface area contributed by atoms with Gasteiger partial charge in [-0.15, -0.1) is 32.8 Å². The van der Waals surface area contributed by atoms with Gasteiger partial charge in [-0.05, 0) is 45.8 Å². The SMILES string of the molecule is Bc1c(B)c(B)c(-c2nc(-c3c(B)c(B)c(B)c(B)c3B)nc(-n3c4cccc5c6ccccc6c6cccc7oc8ccc3c(c8c76)c54)n2)c(B)c1B. The van der Waals surface area contributed by atoms with E-state index in [1.54, 1.807) is 0 Å². The van der Waals surface area contributed by atoms with Crippen LogP contribution in [0.5, 0.6) is 0 Å². The summed E-state index contributed by atoms with van der Waals surface area (Å²) in [5.74, 6) is 2.00. The summed E-state index contributed by atoms with van der Waals surface area (Å²) in [6.07, 6.45) is 0. The van der Waals surface area contributed by atoms with Crippen LogP contribution < -0.4 is 54.6 Å². The summed E-state index contributed by atoms with van der Waals surface area (Å²) in [5, 5.41) is 9.37. The predicted molar refractivity (Wildman–Crippen MR) is 260 cm³/mol. The summed E-state index contributed by atoms with van der Waals surface area (Å²) in [7, 11) is 22.1. The maximum atomic E-state index is 6.63. The highest BCUT2D eigenvalue weighted by Crippen LogP contribution is 2.46. The Labute approximate surface area is 322 Å². The fraction of sp³-hybridized carbons (Fsp3) is 0. The second-order valence-corrected chi connectivity index (χ2v) is 15.5. The first-order chi connectivity index (χ1) is 26.0. The number of rotatable bonds is 3. The zero-order chi connectivity index (χ0) is 37.5. The molecule has 3 aromatic heterocycles. The summed E-state index contributed by atoms with van der Waals surface area (Å²) in [4.78, 5) is 16.4. The van der Waals surface area contributed by atoms with Crippen molar-refractivity contribution in [2.75, 3.05) is 0 Å². The van der Waals surface area contributed by atoms with Crippen molar-refractivity contribution in [2.24, 2.45) is 0 Å². The van der Waals surface area contributed by atoms with Gasteiger partial charge in [0.1, 0.15) is 89.6 Å². The van der Waals surface area contributed by atoms with E-state index >= 15 is 0 Å². The van der Waals surface area contributed by atoms with E-state index < -0.39 is 0 Å². The molecule has 0 unspecified atom stereocenters. The Morgan fingerprint density at radius 1 is 0.370 bits per heavy atom. The molecule has 0 amide bonds. The lowest BCUT2D eigenvalue weighted by Gasteiger charge is -2.22. The predicted octanol–water partition coefficient (Wildman–Crippen LogP) is -7.47. The molecule has 7 aromatic carbocycles. The lowest BCUT2D eigenvalue weighted by molar-refractivity contribution is 0.669. The molecule has 0 saturated heterocycles. The average molecular weight is 681 g/mol. The number of fused-ring (bicyclic) bond motifs is 3. The van der Waals surface area contributed by atoms with E-state index in [4.69, 9.17) is 19.4 Å². The zero-order valence-corrected chi connectivity index (χ0v) is 32.6. The minimum Gasteiger partial charge on any atom is -0.456 e. The molecule has 3 heterocycles. The molecule has 10 aromatic rings. The van der Waals surface area contributed by atoms with Crippen LogP contribution in [0.2, 0.25) is 0 Å². The minimum atomic E-state index is 0.608. The van der Waals surface area contributed by atoms with Gasteiger partial charge in [0.15, 0.2) is 11.6 Å². The summed E-state index contributed by atoms with van der Waals surface area (Å²) in [6.45, 7) is 0. The standard InChI is InChI=1S/C39H32B10N4O/c40-27-25(28(41)32(45)35(48)31(27)44)37-50-38(26-29(42)33(46)36(49)34(47)30(26)43)52-39(51-37)53-17-9-3-7-15-13-5-1-2-6-14(13)16-8-4-10-19-22(16)24-20(54-19)12-11-18(53)23(24)21(15)17/h1-12H,40-49H2. The van der Waals surface area contributed by atoms with Crippen LogP contribution in [0.4, 0.5) is 0 Å². The van der Waals surface area contributed by atoms with Crippen molar-refractivity contribution in [3.63, 3.8) is 0 Å². The quantitative estimate of drug-likeness (QED) is 0.174.